The number of carbonyl (C=O) groups is 2. The molecule has 26 heavy (non-hydrogen) atoms. The van der Waals surface area contributed by atoms with E-state index >= 15 is 0 Å². The highest BCUT2D eigenvalue weighted by molar-refractivity contribution is 9.10. The Labute approximate surface area is 159 Å². The van der Waals surface area contributed by atoms with Crippen molar-refractivity contribution in [1.82, 2.24) is 0 Å². The number of hydrogen-bond donors (Lipinski definition) is 1. The molecule has 0 aliphatic heterocycles. The molecule has 3 aromatic carbocycles. The molecule has 4 nitrogen and oxygen atoms in total. The van der Waals surface area contributed by atoms with E-state index in [1.54, 1.807) is 73.7 Å². The highest BCUT2D eigenvalue weighted by Gasteiger charge is 2.14. The van der Waals surface area contributed by atoms with E-state index < -0.39 is 5.97 Å². The summed E-state index contributed by atoms with van der Waals surface area (Å²) in [4.78, 5) is 24.6. The molecule has 0 fully saturated rings. The fourth-order valence-corrected chi connectivity index (χ4v) is 2.65. The molecular weight excluding hydrogens is 394 g/mol. The molecule has 0 aromatic heterocycles. The first-order valence-electron chi connectivity index (χ1n) is 7.98. The Morgan fingerprint density at radius 2 is 1.54 bits per heavy atom. The molecule has 130 valence electrons. The molecule has 0 radical (unpaired) electrons. The first-order chi connectivity index (χ1) is 12.5. The smallest absolute Gasteiger partial charge is 0.343 e. The topological polar surface area (TPSA) is 55.4 Å². The summed E-state index contributed by atoms with van der Waals surface area (Å²) in [6, 6.07) is 21.1. The predicted molar refractivity (Wildman–Crippen MR) is 105 cm³/mol. The summed E-state index contributed by atoms with van der Waals surface area (Å²) < 4.78 is 6.38. The molecule has 0 spiro atoms. The van der Waals surface area contributed by atoms with Gasteiger partial charge in [0.25, 0.3) is 5.91 Å². The zero-order chi connectivity index (χ0) is 18.5. The Hall–Kier alpha value is -2.92. The predicted octanol–water partition coefficient (Wildman–Crippen LogP) is 5.23. The van der Waals surface area contributed by atoms with Crippen molar-refractivity contribution in [3.05, 3.63) is 94.0 Å². The fraction of sp³-hybridized carbons (Fsp3) is 0.0476. The lowest BCUT2D eigenvalue weighted by molar-refractivity contribution is 0.0733. The quantitative estimate of drug-likeness (QED) is 0.474. The third kappa shape index (κ3) is 4.18. The van der Waals surface area contributed by atoms with E-state index in [0.29, 0.717) is 28.1 Å². The Bertz CT molecular complexity index is 937. The second-order valence-corrected chi connectivity index (χ2v) is 6.56. The number of amides is 1. The Morgan fingerprint density at radius 3 is 2.23 bits per heavy atom. The normalized spacial score (nSPS) is 10.2. The molecule has 0 saturated carbocycles. The van der Waals surface area contributed by atoms with Crippen LogP contribution in [0.5, 0.6) is 5.75 Å². The number of hydrogen-bond acceptors (Lipinski definition) is 3. The molecule has 3 rings (SSSR count). The minimum Gasteiger partial charge on any atom is -0.423 e. The zero-order valence-electron chi connectivity index (χ0n) is 14.0. The molecule has 0 heterocycles. The van der Waals surface area contributed by atoms with E-state index in [4.69, 9.17) is 4.74 Å². The van der Waals surface area contributed by atoms with Gasteiger partial charge in [-0.25, -0.2) is 4.79 Å². The summed E-state index contributed by atoms with van der Waals surface area (Å²) in [7, 11) is 0. The van der Waals surface area contributed by atoms with E-state index in [2.05, 4.69) is 21.2 Å². The van der Waals surface area contributed by atoms with Gasteiger partial charge in [0.15, 0.2) is 0 Å². The number of esters is 1. The molecule has 1 amide bonds. The van der Waals surface area contributed by atoms with Crippen LogP contribution in [-0.4, -0.2) is 11.9 Å². The summed E-state index contributed by atoms with van der Waals surface area (Å²) >= 11 is 3.33. The molecule has 0 aliphatic carbocycles. The average Bonchev–Trinajstić information content (AvgIpc) is 2.66. The van der Waals surface area contributed by atoms with E-state index in [1.807, 2.05) is 6.07 Å². The number of carbonyl (C=O) groups excluding carboxylic acids is 2. The number of anilines is 1. The highest BCUT2D eigenvalue weighted by Crippen LogP contribution is 2.27. The van der Waals surface area contributed by atoms with Gasteiger partial charge in [0.2, 0.25) is 0 Å². The number of halogens is 1. The maximum atomic E-state index is 12.3. The van der Waals surface area contributed by atoms with Gasteiger partial charge in [-0.1, -0.05) is 40.2 Å². The van der Waals surface area contributed by atoms with Crippen LogP contribution in [0.2, 0.25) is 0 Å². The largest absolute Gasteiger partial charge is 0.423 e. The lowest BCUT2D eigenvalue weighted by Crippen LogP contribution is -2.14. The molecule has 0 bridgehead atoms. The van der Waals surface area contributed by atoms with Crippen LogP contribution in [0.3, 0.4) is 0 Å². The standard InChI is InChI=1S/C21H16BrNO3/c1-14-18(23-20(24)15-6-3-2-4-7-15)8-5-9-19(14)26-21(25)16-10-12-17(22)13-11-16/h2-13H,1H3,(H,23,24). The second-order valence-electron chi connectivity index (χ2n) is 5.65. The van der Waals surface area contributed by atoms with Crippen molar-refractivity contribution < 1.29 is 14.3 Å². The van der Waals surface area contributed by atoms with Gasteiger partial charge in [-0.15, -0.1) is 0 Å². The Kier molecular flexibility index (Phi) is 5.49. The molecule has 5 heteroatoms. The van der Waals surface area contributed by atoms with Crippen LogP contribution >= 0.6 is 15.9 Å². The van der Waals surface area contributed by atoms with Gasteiger partial charge in [0.05, 0.1) is 5.56 Å². The summed E-state index contributed by atoms with van der Waals surface area (Å²) in [6.07, 6.45) is 0. The van der Waals surface area contributed by atoms with Crippen LogP contribution in [0, 0.1) is 6.92 Å². The van der Waals surface area contributed by atoms with Crippen molar-refractivity contribution in [2.45, 2.75) is 6.92 Å². The zero-order valence-corrected chi connectivity index (χ0v) is 15.6. The monoisotopic (exact) mass is 409 g/mol. The van der Waals surface area contributed by atoms with Crippen molar-refractivity contribution in [1.29, 1.82) is 0 Å². The van der Waals surface area contributed by atoms with Crippen molar-refractivity contribution in [3.63, 3.8) is 0 Å². The van der Waals surface area contributed by atoms with Crippen molar-refractivity contribution in [3.8, 4) is 5.75 Å². The van der Waals surface area contributed by atoms with E-state index in [9.17, 15) is 9.59 Å². The Morgan fingerprint density at radius 1 is 0.846 bits per heavy atom. The third-order valence-electron chi connectivity index (χ3n) is 3.85. The molecule has 0 unspecified atom stereocenters. The van der Waals surface area contributed by atoms with Crippen molar-refractivity contribution in [2.24, 2.45) is 0 Å². The SMILES string of the molecule is Cc1c(NC(=O)c2ccccc2)cccc1OC(=O)c1ccc(Br)cc1. The van der Waals surface area contributed by atoms with E-state index in [1.165, 1.54) is 0 Å². The van der Waals surface area contributed by atoms with Gasteiger partial charge in [-0.3, -0.25) is 4.79 Å². The average molecular weight is 410 g/mol. The van der Waals surface area contributed by atoms with Gasteiger partial charge >= 0.3 is 5.97 Å². The van der Waals surface area contributed by atoms with Crippen LogP contribution in [0.1, 0.15) is 26.3 Å². The summed E-state index contributed by atoms with van der Waals surface area (Å²) in [5, 5.41) is 2.85. The van der Waals surface area contributed by atoms with Gasteiger partial charge < -0.3 is 10.1 Å². The summed E-state index contributed by atoms with van der Waals surface area (Å²) in [6.45, 7) is 1.80. The molecular formula is C21H16BrNO3. The minimum absolute atomic E-state index is 0.218. The van der Waals surface area contributed by atoms with Gasteiger partial charge in [-0.05, 0) is 55.5 Å². The fourth-order valence-electron chi connectivity index (χ4n) is 2.39. The van der Waals surface area contributed by atoms with Crippen LogP contribution in [0.25, 0.3) is 0 Å². The third-order valence-corrected chi connectivity index (χ3v) is 4.38. The number of benzene rings is 3. The van der Waals surface area contributed by atoms with Crippen LogP contribution in [0.15, 0.2) is 77.3 Å². The molecule has 1 N–H and O–H groups in total. The maximum absolute atomic E-state index is 12.3. The highest BCUT2D eigenvalue weighted by atomic mass is 79.9. The molecule has 3 aromatic rings. The molecule has 0 aliphatic rings. The van der Waals surface area contributed by atoms with Crippen LogP contribution in [-0.2, 0) is 0 Å². The van der Waals surface area contributed by atoms with Crippen molar-refractivity contribution >= 4 is 33.5 Å². The van der Waals surface area contributed by atoms with Crippen molar-refractivity contribution in [2.75, 3.05) is 5.32 Å². The van der Waals surface area contributed by atoms with Crippen LogP contribution in [0.4, 0.5) is 5.69 Å². The van der Waals surface area contributed by atoms with Gasteiger partial charge in [0, 0.05) is 21.3 Å². The summed E-state index contributed by atoms with van der Waals surface area (Å²) in [5.41, 5.74) is 2.29. The summed E-state index contributed by atoms with van der Waals surface area (Å²) in [5.74, 6) is -0.263. The number of rotatable bonds is 4. The van der Waals surface area contributed by atoms with Gasteiger partial charge in [0.1, 0.15) is 5.75 Å². The maximum Gasteiger partial charge on any atom is 0.343 e. The second kappa shape index (κ2) is 7.97. The lowest BCUT2D eigenvalue weighted by Gasteiger charge is -2.13. The minimum atomic E-state index is -0.452. The van der Waals surface area contributed by atoms with E-state index in [0.717, 1.165) is 4.47 Å². The first-order valence-corrected chi connectivity index (χ1v) is 8.77. The number of ether oxygens (including phenoxy) is 1. The first kappa shape index (κ1) is 17.9. The Balaban J connectivity index is 1.77. The van der Waals surface area contributed by atoms with Crippen LogP contribution < -0.4 is 10.1 Å². The van der Waals surface area contributed by atoms with Gasteiger partial charge in [-0.2, -0.15) is 0 Å². The van der Waals surface area contributed by atoms with E-state index in [-0.39, 0.29) is 5.91 Å². The molecule has 0 saturated heterocycles. The number of nitrogens with one attached hydrogen (secondary N) is 1. The molecule has 0 atom stereocenters. The lowest BCUT2D eigenvalue weighted by atomic mass is 10.1.